The largest absolute Gasteiger partial charge is 0.423 e. The Morgan fingerprint density at radius 1 is 1.40 bits per heavy atom. The van der Waals surface area contributed by atoms with Crippen LogP contribution in [0.25, 0.3) is 0 Å². The number of amides is 2. The summed E-state index contributed by atoms with van der Waals surface area (Å²) in [6.45, 7) is 2.74. The van der Waals surface area contributed by atoms with Gasteiger partial charge in [-0.3, -0.25) is 0 Å². The fourth-order valence-electron chi connectivity index (χ4n) is 2.95. The van der Waals surface area contributed by atoms with Gasteiger partial charge in [-0.05, 0) is 50.8 Å². The molecule has 2 aliphatic rings. The Balaban J connectivity index is 2.15. The molecular formula is C17H20ClF3N2O2. The van der Waals surface area contributed by atoms with Crippen molar-refractivity contribution >= 4 is 23.3 Å². The van der Waals surface area contributed by atoms with Crippen molar-refractivity contribution in [3.05, 3.63) is 28.8 Å². The Kier molecular flexibility index (Phi) is 4.66. The molecule has 1 atom stereocenters. The zero-order valence-electron chi connectivity index (χ0n) is 14.0. The predicted molar refractivity (Wildman–Crippen MR) is 88.7 cm³/mol. The number of carbonyl (C=O) groups excluding carboxylic acids is 1. The number of benzene rings is 1. The Labute approximate surface area is 149 Å². The van der Waals surface area contributed by atoms with E-state index in [4.69, 9.17) is 16.3 Å². The summed E-state index contributed by atoms with van der Waals surface area (Å²) in [5.41, 5.74) is -2.69. The fourth-order valence-corrected chi connectivity index (χ4v) is 3.12. The van der Waals surface area contributed by atoms with Crippen LogP contribution in [0.4, 0.5) is 23.7 Å². The lowest BCUT2D eigenvalue weighted by Crippen LogP contribution is -2.54. The average Bonchev–Trinajstić information content (AvgIpc) is 3.32. The number of carbonyl (C=O) groups is 1. The van der Waals surface area contributed by atoms with Crippen LogP contribution in [0.3, 0.4) is 0 Å². The zero-order valence-corrected chi connectivity index (χ0v) is 14.7. The number of nitrogens with zero attached hydrogens (tertiary/aromatic N) is 1. The van der Waals surface area contributed by atoms with Crippen molar-refractivity contribution < 1.29 is 22.7 Å². The van der Waals surface area contributed by atoms with Crippen molar-refractivity contribution in [3.63, 3.8) is 0 Å². The van der Waals surface area contributed by atoms with Gasteiger partial charge < -0.3 is 15.0 Å². The molecule has 2 amide bonds. The van der Waals surface area contributed by atoms with Crippen LogP contribution in [0.2, 0.25) is 5.02 Å². The van der Waals surface area contributed by atoms with Gasteiger partial charge in [-0.2, -0.15) is 13.2 Å². The third kappa shape index (κ3) is 3.44. The quantitative estimate of drug-likeness (QED) is 0.821. The lowest BCUT2D eigenvalue weighted by Gasteiger charge is -2.39. The van der Waals surface area contributed by atoms with E-state index in [0.29, 0.717) is 0 Å². The Morgan fingerprint density at radius 3 is 2.64 bits per heavy atom. The molecular weight excluding hydrogens is 357 g/mol. The van der Waals surface area contributed by atoms with Crippen molar-refractivity contribution in [1.82, 2.24) is 4.90 Å². The number of alkyl halides is 3. The fraction of sp³-hybridized carbons (Fsp3) is 0.588. The highest BCUT2D eigenvalue weighted by Gasteiger charge is 2.61. The first-order valence-electron chi connectivity index (χ1n) is 8.22. The van der Waals surface area contributed by atoms with Gasteiger partial charge in [0.15, 0.2) is 0 Å². The third-order valence-electron chi connectivity index (χ3n) is 4.66. The second kappa shape index (κ2) is 6.36. The van der Waals surface area contributed by atoms with Gasteiger partial charge in [0.2, 0.25) is 5.60 Å². The molecule has 1 aromatic rings. The number of halogens is 4. The number of hydrogen-bond donors (Lipinski definition) is 1. The van der Waals surface area contributed by atoms with Gasteiger partial charge in [0.05, 0.1) is 13.2 Å². The topological polar surface area (TPSA) is 41.6 Å². The van der Waals surface area contributed by atoms with Crippen molar-refractivity contribution in [1.29, 1.82) is 0 Å². The molecule has 0 bridgehead atoms. The summed E-state index contributed by atoms with van der Waals surface area (Å²) >= 11 is 5.97. The molecule has 1 fully saturated rings. The molecule has 1 saturated carbocycles. The van der Waals surface area contributed by atoms with E-state index < -0.39 is 30.4 Å². The standard InChI is InChI=1S/C17H20ClF3N2O2/c1-10(2)23-9-16(17(19,20)21,25-8-11-3-4-11)13-7-12(18)5-6-14(13)22-15(23)24/h5-7,10-11H,3-4,8-9H2,1-2H3,(H,22,24). The molecule has 1 heterocycles. The van der Waals surface area contributed by atoms with Crippen LogP contribution in [0.15, 0.2) is 18.2 Å². The summed E-state index contributed by atoms with van der Waals surface area (Å²) in [4.78, 5) is 13.6. The molecule has 0 radical (unpaired) electrons. The zero-order chi connectivity index (χ0) is 18.4. The van der Waals surface area contributed by atoms with E-state index >= 15 is 0 Å². The molecule has 138 valence electrons. The number of anilines is 1. The van der Waals surface area contributed by atoms with Crippen molar-refractivity contribution in [3.8, 4) is 0 Å². The third-order valence-corrected chi connectivity index (χ3v) is 4.89. The first kappa shape index (κ1) is 18.3. The van der Waals surface area contributed by atoms with Gasteiger partial charge in [-0.25, -0.2) is 4.79 Å². The van der Waals surface area contributed by atoms with Gasteiger partial charge in [-0.15, -0.1) is 0 Å². The van der Waals surface area contributed by atoms with E-state index in [-0.39, 0.29) is 28.8 Å². The minimum absolute atomic E-state index is 0.00554. The number of hydrogen-bond acceptors (Lipinski definition) is 2. The maximum atomic E-state index is 14.3. The highest BCUT2D eigenvalue weighted by atomic mass is 35.5. The lowest BCUT2D eigenvalue weighted by molar-refractivity contribution is -0.289. The molecule has 0 aromatic heterocycles. The van der Waals surface area contributed by atoms with Gasteiger partial charge in [-0.1, -0.05) is 11.6 Å². The molecule has 1 aromatic carbocycles. The van der Waals surface area contributed by atoms with Crippen LogP contribution in [0.5, 0.6) is 0 Å². The number of nitrogens with one attached hydrogen (secondary N) is 1. The highest BCUT2D eigenvalue weighted by molar-refractivity contribution is 6.30. The van der Waals surface area contributed by atoms with Crippen molar-refractivity contribution in [2.45, 2.75) is 44.5 Å². The second-order valence-electron chi connectivity index (χ2n) is 6.92. The maximum Gasteiger partial charge on any atom is 0.423 e. The molecule has 1 aliphatic carbocycles. The highest BCUT2D eigenvalue weighted by Crippen LogP contribution is 2.49. The van der Waals surface area contributed by atoms with Crippen molar-refractivity contribution in [2.75, 3.05) is 18.5 Å². The molecule has 1 unspecified atom stereocenters. The molecule has 1 N–H and O–H groups in total. The van der Waals surface area contributed by atoms with Crippen LogP contribution >= 0.6 is 11.6 Å². The molecule has 0 spiro atoms. The molecule has 1 aliphatic heterocycles. The summed E-state index contributed by atoms with van der Waals surface area (Å²) in [5, 5.41) is 2.72. The second-order valence-corrected chi connectivity index (χ2v) is 7.36. The summed E-state index contributed by atoms with van der Waals surface area (Å²) in [6.07, 6.45) is -2.98. The van der Waals surface area contributed by atoms with E-state index in [2.05, 4.69) is 5.32 Å². The number of rotatable bonds is 4. The van der Waals surface area contributed by atoms with E-state index in [0.717, 1.165) is 17.7 Å². The summed E-state index contributed by atoms with van der Waals surface area (Å²) in [7, 11) is 0. The minimum Gasteiger partial charge on any atom is -0.359 e. The number of ether oxygens (including phenoxy) is 1. The first-order valence-corrected chi connectivity index (χ1v) is 8.60. The van der Waals surface area contributed by atoms with Crippen LogP contribution in [0, 0.1) is 5.92 Å². The number of fused-ring (bicyclic) bond motifs is 1. The Morgan fingerprint density at radius 2 is 2.08 bits per heavy atom. The smallest absolute Gasteiger partial charge is 0.359 e. The Hall–Kier alpha value is -1.47. The van der Waals surface area contributed by atoms with Gasteiger partial charge in [0.1, 0.15) is 0 Å². The minimum atomic E-state index is -4.71. The molecule has 0 saturated heterocycles. The monoisotopic (exact) mass is 376 g/mol. The lowest BCUT2D eigenvalue weighted by atomic mass is 9.90. The van der Waals surface area contributed by atoms with Crippen LogP contribution in [-0.4, -0.2) is 36.3 Å². The average molecular weight is 377 g/mol. The van der Waals surface area contributed by atoms with E-state index in [1.165, 1.54) is 18.2 Å². The SMILES string of the molecule is CC(C)N1CC(OCC2CC2)(C(F)(F)F)c2cc(Cl)ccc2NC1=O. The molecule has 4 nitrogen and oxygen atoms in total. The first-order chi connectivity index (χ1) is 11.6. The van der Waals surface area contributed by atoms with Gasteiger partial charge >= 0.3 is 12.2 Å². The van der Waals surface area contributed by atoms with E-state index in [1.807, 2.05) is 0 Å². The maximum absolute atomic E-state index is 14.3. The summed E-state index contributed by atoms with van der Waals surface area (Å²) in [6, 6.07) is 3.07. The predicted octanol–water partition coefficient (Wildman–Crippen LogP) is 4.78. The van der Waals surface area contributed by atoms with Crippen molar-refractivity contribution in [2.24, 2.45) is 5.92 Å². The molecule has 25 heavy (non-hydrogen) atoms. The van der Waals surface area contributed by atoms with Crippen LogP contribution in [0.1, 0.15) is 32.3 Å². The van der Waals surface area contributed by atoms with Gasteiger partial charge in [0.25, 0.3) is 0 Å². The Bertz CT molecular complexity index is 676. The van der Waals surface area contributed by atoms with Crippen LogP contribution in [-0.2, 0) is 10.3 Å². The normalized spacial score (nSPS) is 24.1. The van der Waals surface area contributed by atoms with E-state index in [9.17, 15) is 18.0 Å². The van der Waals surface area contributed by atoms with Gasteiger partial charge in [0, 0.05) is 22.3 Å². The molecule has 3 rings (SSSR count). The summed E-state index contributed by atoms with van der Waals surface area (Å²) < 4.78 is 48.4. The number of urea groups is 1. The van der Waals surface area contributed by atoms with E-state index in [1.54, 1.807) is 13.8 Å². The van der Waals surface area contributed by atoms with Crippen LogP contribution < -0.4 is 5.32 Å². The summed E-state index contributed by atoms with van der Waals surface area (Å²) in [5.74, 6) is 0.140. The molecule has 8 heteroatoms.